The predicted octanol–water partition coefficient (Wildman–Crippen LogP) is 2.53. The van der Waals surface area contributed by atoms with Crippen LogP contribution >= 0.6 is 11.8 Å². The maximum atomic E-state index is 12.3. The first kappa shape index (κ1) is 14.5. The average Bonchev–Trinajstić information content (AvgIpc) is 2.98. The molecule has 0 saturated heterocycles. The van der Waals surface area contributed by atoms with Gasteiger partial charge >= 0.3 is 0 Å². The van der Waals surface area contributed by atoms with Crippen LogP contribution in [0.1, 0.15) is 16.8 Å². The lowest BCUT2D eigenvalue weighted by molar-refractivity contribution is 0.242. The topological polar surface area (TPSA) is 64.8 Å². The monoisotopic (exact) mass is 326 g/mol. The SMILES string of the molecule is CSc1nc2c(c(=O)[nH]1)CN(Cc1c[nH]c3ccccc13)CC2. The molecule has 23 heavy (non-hydrogen) atoms. The number of aromatic nitrogens is 3. The van der Waals surface area contributed by atoms with Gasteiger partial charge in [0.15, 0.2) is 5.16 Å². The second-order valence-electron chi connectivity index (χ2n) is 5.82. The normalized spacial score (nSPS) is 15.0. The molecular weight excluding hydrogens is 308 g/mol. The van der Waals surface area contributed by atoms with Crippen molar-refractivity contribution in [3.8, 4) is 0 Å². The van der Waals surface area contributed by atoms with Gasteiger partial charge in [0, 0.05) is 43.2 Å². The zero-order chi connectivity index (χ0) is 15.8. The average molecular weight is 326 g/mol. The van der Waals surface area contributed by atoms with Gasteiger partial charge in [0.1, 0.15) is 0 Å². The van der Waals surface area contributed by atoms with E-state index in [9.17, 15) is 4.79 Å². The molecule has 3 heterocycles. The van der Waals surface area contributed by atoms with Gasteiger partial charge in [-0.25, -0.2) is 4.98 Å². The van der Waals surface area contributed by atoms with Crippen molar-refractivity contribution in [2.75, 3.05) is 12.8 Å². The minimum Gasteiger partial charge on any atom is -0.361 e. The molecule has 4 rings (SSSR count). The van der Waals surface area contributed by atoms with Gasteiger partial charge in [-0.05, 0) is 17.9 Å². The van der Waals surface area contributed by atoms with Crippen molar-refractivity contribution in [1.82, 2.24) is 19.9 Å². The first-order chi connectivity index (χ1) is 11.2. The van der Waals surface area contributed by atoms with Crippen LogP contribution in [0.15, 0.2) is 40.4 Å². The summed E-state index contributed by atoms with van der Waals surface area (Å²) in [5.74, 6) is 0. The van der Waals surface area contributed by atoms with Crippen LogP contribution in [0.4, 0.5) is 0 Å². The molecule has 6 heteroatoms. The Kier molecular flexibility index (Phi) is 3.71. The fourth-order valence-electron chi connectivity index (χ4n) is 3.19. The van der Waals surface area contributed by atoms with Crippen LogP contribution in [-0.2, 0) is 19.5 Å². The number of hydrogen-bond donors (Lipinski definition) is 2. The third kappa shape index (κ3) is 2.68. The molecular formula is C17H18N4OS. The summed E-state index contributed by atoms with van der Waals surface area (Å²) in [6.45, 7) is 2.43. The zero-order valence-corrected chi connectivity index (χ0v) is 13.7. The van der Waals surface area contributed by atoms with Crippen molar-refractivity contribution in [3.63, 3.8) is 0 Å². The molecule has 118 valence electrons. The molecule has 0 atom stereocenters. The summed E-state index contributed by atoms with van der Waals surface area (Å²) in [5, 5.41) is 1.96. The van der Waals surface area contributed by atoms with E-state index < -0.39 is 0 Å². The van der Waals surface area contributed by atoms with Gasteiger partial charge in [-0.1, -0.05) is 30.0 Å². The number of nitrogens with one attached hydrogen (secondary N) is 2. The summed E-state index contributed by atoms with van der Waals surface area (Å²) in [5.41, 5.74) is 4.20. The first-order valence-corrected chi connectivity index (χ1v) is 8.90. The molecule has 3 aromatic rings. The molecule has 0 radical (unpaired) electrons. The molecule has 0 amide bonds. The zero-order valence-electron chi connectivity index (χ0n) is 12.9. The summed E-state index contributed by atoms with van der Waals surface area (Å²) in [7, 11) is 0. The number of nitrogens with zero attached hydrogens (tertiary/aromatic N) is 2. The maximum absolute atomic E-state index is 12.3. The minimum atomic E-state index is 0.00276. The van der Waals surface area contributed by atoms with Crippen LogP contribution in [0.25, 0.3) is 10.9 Å². The van der Waals surface area contributed by atoms with Gasteiger partial charge in [0.25, 0.3) is 5.56 Å². The van der Waals surface area contributed by atoms with Crippen molar-refractivity contribution in [2.45, 2.75) is 24.7 Å². The van der Waals surface area contributed by atoms with Crippen LogP contribution in [0.2, 0.25) is 0 Å². The highest BCUT2D eigenvalue weighted by molar-refractivity contribution is 7.98. The molecule has 0 saturated carbocycles. The van der Waals surface area contributed by atoms with Crippen LogP contribution < -0.4 is 5.56 Å². The fourth-order valence-corrected chi connectivity index (χ4v) is 3.59. The third-order valence-corrected chi connectivity index (χ3v) is 4.97. The van der Waals surface area contributed by atoms with E-state index in [-0.39, 0.29) is 5.56 Å². The fraction of sp³-hybridized carbons (Fsp3) is 0.294. The highest BCUT2D eigenvalue weighted by atomic mass is 32.2. The maximum Gasteiger partial charge on any atom is 0.256 e. The Hall–Kier alpha value is -2.05. The molecule has 0 spiro atoms. The van der Waals surface area contributed by atoms with Gasteiger partial charge < -0.3 is 9.97 Å². The molecule has 2 N–H and O–H groups in total. The molecule has 1 aromatic carbocycles. The number of thioether (sulfide) groups is 1. The van der Waals surface area contributed by atoms with E-state index in [2.05, 4.69) is 44.2 Å². The standard InChI is InChI=1S/C17H18N4OS/c1-23-17-19-15-6-7-21(10-13(15)16(22)20-17)9-11-8-18-14-5-3-2-4-12(11)14/h2-5,8,18H,6-7,9-10H2,1H3,(H,19,20,22). The van der Waals surface area contributed by atoms with Crippen molar-refractivity contribution in [3.05, 3.63) is 57.6 Å². The summed E-state index contributed by atoms with van der Waals surface area (Å²) in [6.07, 6.45) is 4.82. The second-order valence-corrected chi connectivity index (χ2v) is 6.62. The number of para-hydroxylation sites is 1. The number of benzene rings is 1. The van der Waals surface area contributed by atoms with Crippen LogP contribution in [-0.4, -0.2) is 32.7 Å². The molecule has 1 aliphatic heterocycles. The van der Waals surface area contributed by atoms with Crippen molar-refractivity contribution >= 4 is 22.7 Å². The summed E-state index contributed by atoms with van der Waals surface area (Å²) in [4.78, 5) is 25.3. The highest BCUT2D eigenvalue weighted by Crippen LogP contribution is 2.22. The molecule has 5 nitrogen and oxygen atoms in total. The van der Waals surface area contributed by atoms with Gasteiger partial charge in [-0.2, -0.15) is 0 Å². The lowest BCUT2D eigenvalue weighted by Crippen LogP contribution is -2.35. The van der Waals surface area contributed by atoms with E-state index in [1.54, 1.807) is 0 Å². The lowest BCUT2D eigenvalue weighted by atomic mass is 10.1. The van der Waals surface area contributed by atoms with Gasteiger partial charge in [-0.3, -0.25) is 9.69 Å². The van der Waals surface area contributed by atoms with Gasteiger partial charge in [0.05, 0.1) is 11.3 Å². The summed E-state index contributed by atoms with van der Waals surface area (Å²) < 4.78 is 0. The largest absolute Gasteiger partial charge is 0.361 e. The van der Waals surface area contributed by atoms with Crippen LogP contribution in [0.5, 0.6) is 0 Å². The van der Waals surface area contributed by atoms with Crippen molar-refractivity contribution in [2.24, 2.45) is 0 Å². The Morgan fingerprint density at radius 1 is 1.35 bits per heavy atom. The third-order valence-electron chi connectivity index (χ3n) is 4.39. The van der Waals surface area contributed by atoms with E-state index in [0.717, 1.165) is 36.3 Å². The number of fused-ring (bicyclic) bond motifs is 2. The lowest BCUT2D eigenvalue weighted by Gasteiger charge is -2.27. The summed E-state index contributed by atoms with van der Waals surface area (Å²) >= 11 is 1.48. The van der Waals surface area contributed by atoms with E-state index in [4.69, 9.17) is 0 Å². The molecule has 0 fully saturated rings. The molecule has 2 aromatic heterocycles. The smallest absolute Gasteiger partial charge is 0.256 e. The summed E-state index contributed by atoms with van der Waals surface area (Å²) in [6, 6.07) is 8.32. The van der Waals surface area contributed by atoms with Crippen LogP contribution in [0.3, 0.4) is 0 Å². The van der Waals surface area contributed by atoms with E-state index in [1.165, 1.54) is 22.7 Å². The Balaban J connectivity index is 1.60. The first-order valence-electron chi connectivity index (χ1n) is 7.68. The Morgan fingerprint density at radius 3 is 3.09 bits per heavy atom. The highest BCUT2D eigenvalue weighted by Gasteiger charge is 2.21. The number of rotatable bonds is 3. The van der Waals surface area contributed by atoms with E-state index in [0.29, 0.717) is 11.7 Å². The van der Waals surface area contributed by atoms with Crippen molar-refractivity contribution < 1.29 is 0 Å². The molecule has 1 aliphatic rings. The Bertz CT molecular complexity index is 914. The molecule has 0 unspecified atom stereocenters. The predicted molar refractivity (Wildman–Crippen MR) is 92.8 cm³/mol. The van der Waals surface area contributed by atoms with Gasteiger partial charge in [0.2, 0.25) is 0 Å². The van der Waals surface area contributed by atoms with E-state index >= 15 is 0 Å². The van der Waals surface area contributed by atoms with E-state index in [1.807, 2.05) is 12.3 Å². The van der Waals surface area contributed by atoms with Crippen LogP contribution in [0, 0.1) is 0 Å². The Labute approximate surface area is 138 Å². The number of aromatic amines is 2. The van der Waals surface area contributed by atoms with Gasteiger partial charge in [-0.15, -0.1) is 0 Å². The molecule has 0 aliphatic carbocycles. The number of hydrogen-bond acceptors (Lipinski definition) is 4. The molecule has 0 bridgehead atoms. The van der Waals surface area contributed by atoms with Crippen molar-refractivity contribution in [1.29, 1.82) is 0 Å². The second kappa shape index (κ2) is 5.86. The Morgan fingerprint density at radius 2 is 2.22 bits per heavy atom. The number of H-pyrrole nitrogens is 2. The minimum absolute atomic E-state index is 0.00276. The quantitative estimate of drug-likeness (QED) is 0.573.